The van der Waals surface area contributed by atoms with Gasteiger partial charge in [-0.3, -0.25) is 9.69 Å². The third-order valence-electron chi connectivity index (χ3n) is 5.66. The molecule has 2 heterocycles. The lowest BCUT2D eigenvalue weighted by atomic mass is 9.84. The van der Waals surface area contributed by atoms with E-state index in [0.717, 1.165) is 30.0 Å². The number of fused-ring (bicyclic) bond motifs is 1. The molecular formula is C22H25ClN2O2S. The summed E-state index contributed by atoms with van der Waals surface area (Å²) in [7, 11) is 0. The number of hydrogen-bond donors (Lipinski definition) is 1. The number of carbonyl (C=O) groups excluding carboxylic acids is 1. The molecule has 6 heteroatoms. The average Bonchev–Trinajstić information content (AvgIpc) is 2.93. The Kier molecular flexibility index (Phi) is 5.97. The number of nitrogens with zero attached hydrogens (tertiary/aromatic N) is 2. The number of thioether (sulfide) groups is 1. The van der Waals surface area contributed by atoms with Gasteiger partial charge in [-0.2, -0.15) is 0 Å². The molecule has 2 aliphatic heterocycles. The number of hydrogen-bond acceptors (Lipinski definition) is 4. The number of piperidine rings is 1. The van der Waals surface area contributed by atoms with E-state index in [2.05, 4.69) is 11.0 Å². The number of halogens is 1. The fourth-order valence-corrected chi connectivity index (χ4v) is 5.11. The van der Waals surface area contributed by atoms with Gasteiger partial charge in [-0.15, -0.1) is 11.8 Å². The van der Waals surface area contributed by atoms with Crippen LogP contribution in [0, 0.1) is 0 Å². The molecule has 2 aromatic rings. The van der Waals surface area contributed by atoms with Crippen LogP contribution in [0.25, 0.3) is 0 Å². The molecule has 1 saturated heterocycles. The maximum Gasteiger partial charge on any atom is 0.241 e. The SMILES string of the molecule is O=C(CN1CCC(O)(c2ccc(Cl)cc2)CC1)N1CCCSc2ccccc21. The van der Waals surface area contributed by atoms with Gasteiger partial charge in [0.2, 0.25) is 5.91 Å². The van der Waals surface area contributed by atoms with Crippen LogP contribution >= 0.6 is 23.4 Å². The van der Waals surface area contributed by atoms with Crippen LogP contribution in [0.3, 0.4) is 0 Å². The van der Waals surface area contributed by atoms with Gasteiger partial charge in [0, 0.05) is 29.6 Å². The average molecular weight is 417 g/mol. The van der Waals surface area contributed by atoms with Crippen molar-refractivity contribution >= 4 is 35.0 Å². The maximum absolute atomic E-state index is 13.0. The largest absolute Gasteiger partial charge is 0.385 e. The van der Waals surface area contributed by atoms with E-state index in [0.29, 0.717) is 37.5 Å². The minimum Gasteiger partial charge on any atom is -0.385 e. The monoisotopic (exact) mass is 416 g/mol. The van der Waals surface area contributed by atoms with Crippen LogP contribution in [0.5, 0.6) is 0 Å². The Morgan fingerprint density at radius 2 is 1.79 bits per heavy atom. The van der Waals surface area contributed by atoms with E-state index < -0.39 is 5.60 Å². The molecule has 0 bridgehead atoms. The third-order valence-corrected chi connectivity index (χ3v) is 7.07. The highest BCUT2D eigenvalue weighted by molar-refractivity contribution is 7.99. The van der Waals surface area contributed by atoms with Gasteiger partial charge in [-0.1, -0.05) is 35.9 Å². The maximum atomic E-state index is 13.0. The van der Waals surface area contributed by atoms with Crippen LogP contribution in [0.2, 0.25) is 5.02 Å². The van der Waals surface area contributed by atoms with Gasteiger partial charge in [0.15, 0.2) is 0 Å². The summed E-state index contributed by atoms with van der Waals surface area (Å²) in [4.78, 5) is 18.3. The van der Waals surface area contributed by atoms with Crippen LogP contribution < -0.4 is 4.90 Å². The van der Waals surface area contributed by atoms with E-state index in [1.54, 1.807) is 0 Å². The van der Waals surface area contributed by atoms with E-state index in [9.17, 15) is 9.90 Å². The summed E-state index contributed by atoms with van der Waals surface area (Å²) in [6.07, 6.45) is 2.24. The van der Waals surface area contributed by atoms with Crippen LogP contribution in [-0.2, 0) is 10.4 Å². The Labute approximate surface area is 175 Å². The van der Waals surface area contributed by atoms with Crippen molar-refractivity contribution in [2.24, 2.45) is 0 Å². The molecule has 1 fully saturated rings. The highest BCUT2D eigenvalue weighted by Crippen LogP contribution is 2.35. The molecule has 2 aromatic carbocycles. The second kappa shape index (κ2) is 8.46. The lowest BCUT2D eigenvalue weighted by molar-refractivity contribution is -0.121. The van der Waals surface area contributed by atoms with Gasteiger partial charge < -0.3 is 10.0 Å². The zero-order valence-electron chi connectivity index (χ0n) is 15.8. The lowest BCUT2D eigenvalue weighted by Crippen LogP contribution is -2.47. The van der Waals surface area contributed by atoms with Crippen molar-refractivity contribution in [2.75, 3.05) is 36.8 Å². The smallest absolute Gasteiger partial charge is 0.241 e. The predicted octanol–water partition coefficient (Wildman–Crippen LogP) is 4.15. The Bertz CT molecular complexity index is 835. The number of amides is 1. The van der Waals surface area contributed by atoms with Crippen LogP contribution in [0.1, 0.15) is 24.8 Å². The molecule has 0 atom stereocenters. The highest BCUT2D eigenvalue weighted by atomic mass is 35.5. The zero-order chi connectivity index (χ0) is 19.6. The Hall–Kier alpha value is -1.53. The molecular weight excluding hydrogens is 392 g/mol. The first-order valence-electron chi connectivity index (χ1n) is 9.78. The Morgan fingerprint density at radius 3 is 2.54 bits per heavy atom. The van der Waals surface area contributed by atoms with Crippen molar-refractivity contribution in [1.82, 2.24) is 4.90 Å². The van der Waals surface area contributed by atoms with E-state index >= 15 is 0 Å². The Morgan fingerprint density at radius 1 is 1.07 bits per heavy atom. The molecule has 0 radical (unpaired) electrons. The van der Waals surface area contributed by atoms with Gasteiger partial charge >= 0.3 is 0 Å². The molecule has 0 aliphatic carbocycles. The minimum atomic E-state index is -0.837. The lowest BCUT2D eigenvalue weighted by Gasteiger charge is -2.39. The first-order valence-corrected chi connectivity index (χ1v) is 11.1. The van der Waals surface area contributed by atoms with Crippen molar-refractivity contribution in [3.8, 4) is 0 Å². The summed E-state index contributed by atoms with van der Waals surface area (Å²) < 4.78 is 0. The molecule has 1 N–H and O–H groups in total. The molecule has 2 aliphatic rings. The first-order chi connectivity index (χ1) is 13.5. The van der Waals surface area contributed by atoms with E-state index in [1.807, 2.05) is 59.1 Å². The molecule has 0 saturated carbocycles. The quantitative estimate of drug-likeness (QED) is 0.816. The number of aliphatic hydroxyl groups is 1. The van der Waals surface area contributed by atoms with Gasteiger partial charge in [-0.25, -0.2) is 0 Å². The highest BCUT2D eigenvalue weighted by Gasteiger charge is 2.35. The molecule has 0 spiro atoms. The van der Waals surface area contributed by atoms with Crippen molar-refractivity contribution in [1.29, 1.82) is 0 Å². The van der Waals surface area contributed by atoms with E-state index in [-0.39, 0.29) is 5.91 Å². The molecule has 0 aromatic heterocycles. The minimum absolute atomic E-state index is 0.145. The number of para-hydroxylation sites is 1. The number of anilines is 1. The third kappa shape index (κ3) is 4.23. The topological polar surface area (TPSA) is 43.8 Å². The summed E-state index contributed by atoms with van der Waals surface area (Å²) in [5.74, 6) is 1.19. The second-order valence-corrected chi connectivity index (χ2v) is 9.10. The summed E-state index contributed by atoms with van der Waals surface area (Å²) in [5.41, 5.74) is 1.10. The van der Waals surface area contributed by atoms with Gasteiger partial charge in [0.1, 0.15) is 0 Å². The predicted molar refractivity (Wildman–Crippen MR) is 115 cm³/mol. The van der Waals surface area contributed by atoms with Crippen molar-refractivity contribution in [3.05, 3.63) is 59.1 Å². The summed E-state index contributed by atoms with van der Waals surface area (Å²) >= 11 is 7.79. The Balaban J connectivity index is 1.40. The fourth-order valence-electron chi connectivity index (χ4n) is 3.99. The van der Waals surface area contributed by atoms with Gasteiger partial charge in [0.25, 0.3) is 0 Å². The molecule has 28 heavy (non-hydrogen) atoms. The number of carbonyl (C=O) groups is 1. The molecule has 4 nitrogen and oxygen atoms in total. The van der Waals surface area contributed by atoms with Gasteiger partial charge in [-0.05, 0) is 54.8 Å². The molecule has 0 unspecified atom stereocenters. The number of rotatable bonds is 3. The molecule has 1 amide bonds. The molecule has 148 valence electrons. The second-order valence-electron chi connectivity index (χ2n) is 7.53. The van der Waals surface area contributed by atoms with Crippen molar-refractivity contribution in [3.63, 3.8) is 0 Å². The van der Waals surface area contributed by atoms with Crippen LogP contribution in [0.15, 0.2) is 53.4 Å². The number of likely N-dealkylation sites (tertiary alicyclic amines) is 1. The van der Waals surface area contributed by atoms with E-state index in [1.165, 1.54) is 4.90 Å². The van der Waals surface area contributed by atoms with E-state index in [4.69, 9.17) is 11.6 Å². The number of benzene rings is 2. The zero-order valence-corrected chi connectivity index (χ0v) is 17.4. The summed E-state index contributed by atoms with van der Waals surface area (Å²) in [6, 6.07) is 15.6. The normalized spacial score (nSPS) is 19.7. The fraction of sp³-hybridized carbons (Fsp3) is 0.409. The summed E-state index contributed by atoms with van der Waals surface area (Å²) in [6.45, 7) is 2.57. The van der Waals surface area contributed by atoms with Gasteiger partial charge in [0.05, 0.1) is 17.8 Å². The summed E-state index contributed by atoms with van der Waals surface area (Å²) in [5, 5.41) is 11.7. The van der Waals surface area contributed by atoms with Crippen molar-refractivity contribution in [2.45, 2.75) is 29.8 Å². The first kappa shape index (κ1) is 19.8. The van der Waals surface area contributed by atoms with Crippen molar-refractivity contribution < 1.29 is 9.90 Å². The van der Waals surface area contributed by atoms with Crippen LogP contribution in [0.4, 0.5) is 5.69 Å². The van der Waals surface area contributed by atoms with Crippen LogP contribution in [-0.4, -0.2) is 47.8 Å². The molecule has 4 rings (SSSR count). The standard InChI is InChI=1S/C22H25ClN2O2S/c23-18-8-6-17(7-9-18)22(27)10-13-24(14-11-22)16-21(26)25-12-3-15-28-20-5-2-1-4-19(20)25/h1-2,4-9,27H,3,10-16H2.